The first-order chi connectivity index (χ1) is 5.97. The largest absolute Gasteiger partial charge is 0.388 e. The molecular weight excluding hydrogens is 296 g/mol. The van der Waals surface area contributed by atoms with Gasteiger partial charge in [0.1, 0.15) is 0 Å². The summed E-state index contributed by atoms with van der Waals surface area (Å²) in [7, 11) is 0. The molecule has 0 bridgehead atoms. The highest BCUT2D eigenvalue weighted by atomic mass is 79.9. The molecule has 74 valence electrons. The molecule has 0 unspecified atom stereocenters. The molecule has 3 heteroatoms. The fourth-order valence-corrected chi connectivity index (χ4v) is 2.28. The summed E-state index contributed by atoms with van der Waals surface area (Å²) in [6.45, 7) is 4.33. The summed E-state index contributed by atoms with van der Waals surface area (Å²) < 4.78 is 0. The van der Waals surface area contributed by atoms with Gasteiger partial charge >= 0.3 is 0 Å². The third kappa shape index (κ3) is 2.67. The van der Waals surface area contributed by atoms with Gasteiger partial charge < -0.3 is 5.11 Å². The minimum Gasteiger partial charge on any atom is -0.388 e. The van der Waals surface area contributed by atoms with E-state index < -0.39 is 0 Å². The molecule has 1 aliphatic carbocycles. The van der Waals surface area contributed by atoms with Crippen LogP contribution in [-0.4, -0.2) is 16.0 Å². The Kier molecular flexibility index (Phi) is 3.78. The second-order valence-corrected chi connectivity index (χ2v) is 5.61. The number of hydrogen-bond donors (Lipinski definition) is 1. The molecule has 0 aliphatic heterocycles. The van der Waals surface area contributed by atoms with E-state index in [2.05, 4.69) is 51.8 Å². The predicted molar refractivity (Wildman–Crippen MR) is 63.3 cm³/mol. The highest BCUT2D eigenvalue weighted by Gasteiger charge is 2.33. The molecule has 0 aromatic heterocycles. The van der Waals surface area contributed by atoms with E-state index in [-0.39, 0.29) is 11.5 Å². The number of aliphatic hydroxyl groups excluding tert-OH is 1. The van der Waals surface area contributed by atoms with Crippen molar-refractivity contribution in [3.63, 3.8) is 0 Å². The Hall–Kier alpha value is 0.400. The van der Waals surface area contributed by atoms with Gasteiger partial charge in [-0.25, -0.2) is 0 Å². The standard InChI is InChI=1S/C10H14Br2O/c1-10(2)6-7(3-4-11)8(13)5-9(10)12/h3-4,6,8-9,13H,5H2,1-2H3/b4-3+/t8-,9-/m1/s1. The Morgan fingerprint density at radius 1 is 1.62 bits per heavy atom. The zero-order valence-electron chi connectivity index (χ0n) is 7.80. The summed E-state index contributed by atoms with van der Waals surface area (Å²) in [6.07, 6.45) is 4.46. The first kappa shape index (κ1) is 11.5. The number of aliphatic hydroxyl groups is 1. The predicted octanol–water partition coefficient (Wildman–Crippen LogP) is 3.38. The van der Waals surface area contributed by atoms with Gasteiger partial charge in [-0.05, 0) is 28.5 Å². The van der Waals surface area contributed by atoms with Crippen molar-refractivity contribution in [3.05, 3.63) is 22.7 Å². The second-order valence-electron chi connectivity index (χ2n) is 3.98. The third-order valence-corrected chi connectivity index (χ3v) is 4.23. The van der Waals surface area contributed by atoms with Crippen LogP contribution in [-0.2, 0) is 0 Å². The minimum absolute atomic E-state index is 0.112. The highest BCUT2D eigenvalue weighted by molar-refractivity contribution is 9.11. The van der Waals surface area contributed by atoms with E-state index in [4.69, 9.17) is 0 Å². The lowest BCUT2D eigenvalue weighted by Crippen LogP contribution is -2.32. The van der Waals surface area contributed by atoms with Crippen LogP contribution in [0, 0.1) is 5.41 Å². The summed E-state index contributed by atoms with van der Waals surface area (Å²) >= 11 is 6.81. The molecule has 1 rings (SSSR count). The zero-order valence-corrected chi connectivity index (χ0v) is 11.0. The van der Waals surface area contributed by atoms with Crippen LogP contribution in [0.25, 0.3) is 0 Å². The molecule has 1 nitrogen and oxygen atoms in total. The lowest BCUT2D eigenvalue weighted by Gasteiger charge is -2.35. The summed E-state index contributed by atoms with van der Waals surface area (Å²) in [6, 6.07) is 0. The van der Waals surface area contributed by atoms with Crippen LogP contribution in [0.1, 0.15) is 20.3 Å². The number of rotatable bonds is 1. The Morgan fingerprint density at radius 2 is 2.23 bits per heavy atom. The van der Waals surface area contributed by atoms with Gasteiger partial charge in [0.25, 0.3) is 0 Å². The van der Waals surface area contributed by atoms with E-state index in [1.165, 1.54) is 0 Å². The first-order valence-electron chi connectivity index (χ1n) is 4.29. The van der Waals surface area contributed by atoms with Crippen molar-refractivity contribution in [3.8, 4) is 0 Å². The van der Waals surface area contributed by atoms with Gasteiger partial charge in [0, 0.05) is 4.83 Å². The van der Waals surface area contributed by atoms with Crippen LogP contribution in [0.2, 0.25) is 0 Å². The monoisotopic (exact) mass is 308 g/mol. The number of allylic oxidation sites excluding steroid dienone is 1. The second kappa shape index (κ2) is 4.28. The van der Waals surface area contributed by atoms with Crippen LogP contribution in [0.3, 0.4) is 0 Å². The molecule has 0 spiro atoms. The van der Waals surface area contributed by atoms with Gasteiger partial charge in [0.2, 0.25) is 0 Å². The van der Waals surface area contributed by atoms with Crippen molar-refractivity contribution in [2.45, 2.75) is 31.2 Å². The fraction of sp³-hybridized carbons (Fsp3) is 0.600. The maximum atomic E-state index is 9.73. The van der Waals surface area contributed by atoms with E-state index in [1.54, 1.807) is 4.99 Å². The number of halogens is 2. The van der Waals surface area contributed by atoms with Gasteiger partial charge in [-0.2, -0.15) is 0 Å². The van der Waals surface area contributed by atoms with Gasteiger partial charge in [0.05, 0.1) is 6.10 Å². The van der Waals surface area contributed by atoms with Gasteiger partial charge in [-0.3, -0.25) is 0 Å². The van der Waals surface area contributed by atoms with Crippen molar-refractivity contribution >= 4 is 31.9 Å². The average molecular weight is 310 g/mol. The van der Waals surface area contributed by atoms with E-state index in [9.17, 15) is 5.11 Å². The van der Waals surface area contributed by atoms with E-state index in [1.807, 2.05) is 6.08 Å². The molecule has 0 aromatic rings. The van der Waals surface area contributed by atoms with Crippen molar-refractivity contribution in [1.29, 1.82) is 0 Å². The van der Waals surface area contributed by atoms with Crippen LogP contribution in [0.5, 0.6) is 0 Å². The Bertz CT molecular complexity index is 243. The maximum Gasteiger partial charge on any atom is 0.0798 e. The Labute approximate surface area is 96.2 Å². The third-order valence-electron chi connectivity index (χ3n) is 2.42. The molecule has 1 N–H and O–H groups in total. The van der Waals surface area contributed by atoms with E-state index in [0.717, 1.165) is 12.0 Å². The average Bonchev–Trinajstić information content (AvgIpc) is 2.00. The normalized spacial score (nSPS) is 33.5. The smallest absolute Gasteiger partial charge is 0.0798 e. The van der Waals surface area contributed by atoms with Crippen LogP contribution in [0.4, 0.5) is 0 Å². The fourth-order valence-electron chi connectivity index (χ4n) is 1.48. The molecule has 0 fully saturated rings. The molecule has 1 aliphatic rings. The van der Waals surface area contributed by atoms with E-state index in [0.29, 0.717) is 4.83 Å². The van der Waals surface area contributed by atoms with Crippen LogP contribution >= 0.6 is 31.9 Å². The molecule has 0 aromatic carbocycles. The minimum atomic E-state index is -0.341. The van der Waals surface area contributed by atoms with Gasteiger partial charge in [-0.1, -0.05) is 51.8 Å². The van der Waals surface area contributed by atoms with Crippen molar-refractivity contribution in [2.75, 3.05) is 0 Å². The highest BCUT2D eigenvalue weighted by Crippen LogP contribution is 2.38. The summed E-state index contributed by atoms with van der Waals surface area (Å²) in [5.41, 5.74) is 1.11. The first-order valence-corrected chi connectivity index (χ1v) is 6.12. The van der Waals surface area contributed by atoms with Gasteiger partial charge in [-0.15, -0.1) is 0 Å². The van der Waals surface area contributed by atoms with Crippen molar-refractivity contribution in [2.24, 2.45) is 5.41 Å². The summed E-state index contributed by atoms with van der Waals surface area (Å²) in [4.78, 5) is 2.13. The van der Waals surface area contributed by atoms with Crippen molar-refractivity contribution < 1.29 is 5.11 Å². The van der Waals surface area contributed by atoms with Crippen LogP contribution < -0.4 is 0 Å². The van der Waals surface area contributed by atoms with E-state index >= 15 is 0 Å². The summed E-state index contributed by atoms with van der Waals surface area (Å²) in [5, 5.41) is 9.73. The Morgan fingerprint density at radius 3 is 2.77 bits per heavy atom. The lowest BCUT2D eigenvalue weighted by molar-refractivity contribution is 0.177. The summed E-state index contributed by atoms with van der Waals surface area (Å²) in [5.74, 6) is 0. The molecule has 0 saturated carbocycles. The molecular formula is C10H14Br2O. The zero-order chi connectivity index (χ0) is 10.1. The molecule has 0 amide bonds. The number of alkyl halides is 1. The SMILES string of the molecule is CC1(C)C=C(/C=C/Br)[C@H](O)C[C@H]1Br. The molecule has 0 radical (unpaired) electrons. The quantitative estimate of drug-likeness (QED) is 0.736. The van der Waals surface area contributed by atoms with Gasteiger partial charge in [0.15, 0.2) is 0 Å². The Balaban J connectivity index is 2.94. The molecule has 0 heterocycles. The van der Waals surface area contributed by atoms with Crippen molar-refractivity contribution in [1.82, 2.24) is 0 Å². The number of hydrogen-bond acceptors (Lipinski definition) is 1. The maximum absolute atomic E-state index is 9.73. The lowest BCUT2D eigenvalue weighted by atomic mass is 9.78. The topological polar surface area (TPSA) is 20.2 Å². The molecule has 13 heavy (non-hydrogen) atoms. The molecule has 0 saturated heterocycles. The molecule has 2 atom stereocenters. The van der Waals surface area contributed by atoms with Crippen LogP contribution in [0.15, 0.2) is 22.7 Å².